The molecule has 13 heteroatoms. The van der Waals surface area contributed by atoms with Crippen LogP contribution >= 0.6 is 126 Å². The fraction of sp³-hybridized carbons (Fsp3) is 0.0500. The van der Waals surface area contributed by atoms with Gasteiger partial charge in [0.2, 0.25) is 0 Å². The second kappa shape index (κ2) is 9.56. The first-order valence-corrected chi connectivity index (χ1v) is 13.7. The van der Waals surface area contributed by atoms with Gasteiger partial charge in [0.25, 0.3) is 0 Å². The SMILES string of the molecule is O=C(O)c1c(Cl)c(Cl)c(Cl)c(Cl)c1C1c2cc(Cl)c(O)c(I)c2Oc2c1cc(I)c(O)c2I. The number of carboxylic acids is 1. The quantitative estimate of drug-likeness (QED) is 0.106. The van der Waals surface area contributed by atoms with Gasteiger partial charge in [-0.05, 0) is 79.9 Å². The highest BCUT2D eigenvalue weighted by atomic mass is 127. The van der Waals surface area contributed by atoms with Crippen LogP contribution in [0.4, 0.5) is 0 Å². The van der Waals surface area contributed by atoms with E-state index in [2.05, 4.69) is 0 Å². The van der Waals surface area contributed by atoms with E-state index in [0.717, 1.165) is 0 Å². The molecule has 0 fully saturated rings. The Morgan fingerprint density at radius 1 is 0.818 bits per heavy atom. The third kappa shape index (κ3) is 4.13. The first-order chi connectivity index (χ1) is 15.4. The van der Waals surface area contributed by atoms with Crippen molar-refractivity contribution in [3.63, 3.8) is 0 Å². The maximum Gasteiger partial charge on any atom is 0.337 e. The monoisotopic (exact) mass is 882 g/mol. The minimum atomic E-state index is -1.37. The van der Waals surface area contributed by atoms with Gasteiger partial charge in [0.15, 0.2) is 5.75 Å². The second-order valence-corrected chi connectivity index (χ2v) is 12.0. The highest BCUT2D eigenvalue weighted by Crippen LogP contribution is 2.58. The number of aromatic carboxylic acids is 1. The zero-order valence-corrected chi connectivity index (χ0v) is 25.7. The third-order valence-corrected chi connectivity index (χ3v) is 9.92. The van der Waals surface area contributed by atoms with Gasteiger partial charge >= 0.3 is 5.97 Å². The van der Waals surface area contributed by atoms with E-state index >= 15 is 0 Å². The maximum absolute atomic E-state index is 12.3. The molecule has 0 radical (unpaired) electrons. The molecule has 172 valence electrons. The van der Waals surface area contributed by atoms with Gasteiger partial charge in [-0.15, -0.1) is 0 Å². The van der Waals surface area contributed by atoms with E-state index in [0.29, 0.717) is 21.8 Å². The molecule has 0 saturated carbocycles. The van der Waals surface area contributed by atoms with E-state index < -0.39 is 11.9 Å². The maximum atomic E-state index is 12.3. The molecule has 0 amide bonds. The molecule has 1 aliphatic rings. The fourth-order valence-electron chi connectivity index (χ4n) is 3.56. The molecule has 1 aliphatic heterocycles. The Morgan fingerprint density at radius 3 is 1.91 bits per heavy atom. The van der Waals surface area contributed by atoms with Crippen molar-refractivity contribution in [3.8, 4) is 23.0 Å². The molecule has 5 nitrogen and oxygen atoms in total. The van der Waals surface area contributed by atoms with Gasteiger partial charge in [0.1, 0.15) is 17.2 Å². The predicted molar refractivity (Wildman–Crippen MR) is 154 cm³/mol. The predicted octanol–water partition coefficient (Wildman–Crippen LogP) is 9.16. The summed E-state index contributed by atoms with van der Waals surface area (Å²) in [7, 11) is 0. The Labute approximate surface area is 252 Å². The van der Waals surface area contributed by atoms with Gasteiger partial charge in [-0.3, -0.25) is 0 Å². The number of hydrogen-bond acceptors (Lipinski definition) is 4. The Kier molecular flexibility index (Phi) is 7.60. The molecule has 4 rings (SSSR count). The number of phenols is 2. The fourth-order valence-corrected chi connectivity index (χ4v) is 7.54. The van der Waals surface area contributed by atoms with Crippen molar-refractivity contribution in [2.75, 3.05) is 0 Å². The molecule has 0 spiro atoms. The number of ether oxygens (including phenoxy) is 1. The number of carboxylic acid groups (broad SMARTS) is 1. The Morgan fingerprint density at radius 2 is 1.33 bits per heavy atom. The van der Waals surface area contributed by atoms with Gasteiger partial charge in [-0.1, -0.05) is 58.0 Å². The van der Waals surface area contributed by atoms with Gasteiger partial charge in [0, 0.05) is 22.6 Å². The first-order valence-electron chi connectivity index (χ1n) is 8.57. The molecule has 3 N–H and O–H groups in total. The zero-order valence-electron chi connectivity index (χ0n) is 15.4. The van der Waals surface area contributed by atoms with Crippen molar-refractivity contribution in [3.05, 3.63) is 70.2 Å². The van der Waals surface area contributed by atoms with Crippen LogP contribution in [0.1, 0.15) is 33.0 Å². The second-order valence-electron chi connectivity index (χ2n) is 6.76. The number of fused-ring (bicyclic) bond motifs is 2. The average molecular weight is 884 g/mol. The summed E-state index contributed by atoms with van der Waals surface area (Å²) in [5.74, 6) is -1.98. The molecule has 33 heavy (non-hydrogen) atoms. The van der Waals surface area contributed by atoms with Crippen LogP contribution in [0.5, 0.6) is 23.0 Å². The van der Waals surface area contributed by atoms with Gasteiger partial charge in [-0.25, -0.2) is 4.79 Å². The summed E-state index contributed by atoms with van der Waals surface area (Å²) in [6, 6.07) is 3.11. The average Bonchev–Trinajstić information content (AvgIpc) is 2.76. The van der Waals surface area contributed by atoms with E-state index in [1.54, 1.807) is 6.07 Å². The van der Waals surface area contributed by atoms with Crippen LogP contribution in [0.25, 0.3) is 0 Å². The molecule has 3 aromatic carbocycles. The number of rotatable bonds is 2. The molecule has 1 atom stereocenters. The molecule has 0 aromatic heterocycles. The number of halogens is 8. The summed E-state index contributed by atoms with van der Waals surface area (Å²) in [5.41, 5.74) is 0.651. The standard InChI is InChI=1S/C20H6Cl5I3O5/c21-5-1-3-7(8-9(20(31)32)11(23)13(25)12(24)10(8)22)4-2-6(26)17(30)15(28)19(4)33-18(3)14(27)16(5)29/h1-2,7,29-30H,(H,31,32). The normalized spacial score (nSPS) is 14.5. The lowest BCUT2D eigenvalue weighted by atomic mass is 9.80. The molecular weight excluding hydrogens is 878 g/mol. The first kappa shape index (κ1) is 26.2. The van der Waals surface area contributed by atoms with Crippen molar-refractivity contribution in [1.29, 1.82) is 0 Å². The van der Waals surface area contributed by atoms with Crippen LogP contribution < -0.4 is 4.74 Å². The molecule has 1 unspecified atom stereocenters. The number of benzene rings is 3. The van der Waals surface area contributed by atoms with E-state index in [9.17, 15) is 20.1 Å². The lowest BCUT2D eigenvalue weighted by molar-refractivity contribution is 0.0695. The summed E-state index contributed by atoms with van der Waals surface area (Å²) in [4.78, 5) is 12.3. The lowest BCUT2D eigenvalue weighted by Gasteiger charge is -2.32. The van der Waals surface area contributed by atoms with Crippen LogP contribution in [0.3, 0.4) is 0 Å². The summed E-state index contributed by atoms with van der Waals surface area (Å²) < 4.78 is 7.27. The Bertz CT molecular complexity index is 1330. The van der Waals surface area contributed by atoms with Crippen molar-refractivity contribution in [1.82, 2.24) is 0 Å². The number of hydrogen-bond donors (Lipinski definition) is 3. The number of aromatic hydroxyl groups is 2. The third-order valence-electron chi connectivity index (χ3n) is 4.99. The van der Waals surface area contributed by atoms with Gasteiger partial charge in [0.05, 0.1) is 41.4 Å². The highest BCUT2D eigenvalue weighted by Gasteiger charge is 2.39. The van der Waals surface area contributed by atoms with E-state index in [1.807, 2.05) is 67.8 Å². The highest BCUT2D eigenvalue weighted by molar-refractivity contribution is 14.1. The molecule has 1 heterocycles. The van der Waals surface area contributed by atoms with Crippen LogP contribution in [0.15, 0.2) is 12.1 Å². The number of carbonyl (C=O) groups is 1. The zero-order chi connectivity index (χ0) is 24.5. The minimum Gasteiger partial charge on any atom is -0.506 e. The Hall–Kier alpha value is 0.170. The molecule has 0 aliphatic carbocycles. The molecule has 0 saturated heterocycles. The van der Waals surface area contributed by atoms with Crippen LogP contribution in [-0.4, -0.2) is 21.3 Å². The summed E-state index contributed by atoms with van der Waals surface area (Å²) in [6.07, 6.45) is 0. The smallest absolute Gasteiger partial charge is 0.337 e. The summed E-state index contributed by atoms with van der Waals surface area (Å²) in [6.45, 7) is 0. The summed E-state index contributed by atoms with van der Waals surface area (Å²) in [5, 5.41) is 30.3. The van der Waals surface area contributed by atoms with Crippen LogP contribution in [0.2, 0.25) is 25.1 Å². The van der Waals surface area contributed by atoms with Crippen molar-refractivity contribution in [2.24, 2.45) is 0 Å². The Balaban J connectivity index is 2.24. The van der Waals surface area contributed by atoms with E-state index in [-0.39, 0.29) is 59.2 Å². The van der Waals surface area contributed by atoms with E-state index in [4.69, 9.17) is 62.7 Å². The minimum absolute atomic E-state index is 0.0120. The van der Waals surface area contributed by atoms with Crippen molar-refractivity contribution < 1.29 is 24.9 Å². The molecule has 3 aromatic rings. The molecule has 0 bridgehead atoms. The number of phenolic OH excluding ortho intramolecular Hbond substituents is 2. The summed E-state index contributed by atoms with van der Waals surface area (Å²) >= 11 is 37.4. The van der Waals surface area contributed by atoms with E-state index in [1.165, 1.54) is 6.07 Å². The topological polar surface area (TPSA) is 87.0 Å². The van der Waals surface area contributed by atoms with Gasteiger partial charge in [-0.2, -0.15) is 0 Å². The van der Waals surface area contributed by atoms with Crippen molar-refractivity contribution in [2.45, 2.75) is 5.92 Å². The van der Waals surface area contributed by atoms with Crippen LogP contribution in [-0.2, 0) is 0 Å². The van der Waals surface area contributed by atoms with Crippen molar-refractivity contribution >= 4 is 132 Å². The van der Waals surface area contributed by atoms with Gasteiger partial charge < -0.3 is 20.1 Å². The lowest BCUT2D eigenvalue weighted by Crippen LogP contribution is -2.18. The van der Waals surface area contributed by atoms with Crippen LogP contribution in [0, 0.1) is 10.7 Å². The molecular formula is C20H6Cl5I3O5. The largest absolute Gasteiger partial charge is 0.506 e.